The Balaban J connectivity index is 3.19. The van der Waals surface area contributed by atoms with Crippen LogP contribution in [0.3, 0.4) is 0 Å². The Kier molecular flexibility index (Phi) is 5.34. The van der Waals surface area contributed by atoms with Crippen molar-refractivity contribution in [2.24, 2.45) is 5.73 Å². The topological polar surface area (TPSA) is 141 Å². The molecule has 0 radical (unpaired) electrons. The van der Waals surface area contributed by atoms with Crippen LogP contribution >= 0.6 is 0 Å². The summed E-state index contributed by atoms with van der Waals surface area (Å²) in [5, 5.41) is 37.9. The second kappa shape index (κ2) is 6.58. The minimum atomic E-state index is -2.45. The minimum absolute atomic E-state index is 0.0346. The Hall–Kier alpha value is -1.80. The summed E-state index contributed by atoms with van der Waals surface area (Å²) >= 11 is 0. The number of Topliss-reactive ketones (excluding diaryl/α,β-unsaturated/α-hetero) is 1. The number of benzene rings is 1. The van der Waals surface area contributed by atoms with Crippen LogP contribution in [-0.4, -0.2) is 50.9 Å². The number of nitrogens with two attached hydrogens (primary N) is 1. The first-order chi connectivity index (χ1) is 9.33. The predicted molar refractivity (Wildman–Crippen MR) is 68.7 cm³/mol. The molecule has 0 bridgehead atoms. The number of carbonyl (C=O) groups excluding carboxylic acids is 1. The van der Waals surface area contributed by atoms with E-state index in [0.29, 0.717) is 0 Å². The van der Waals surface area contributed by atoms with E-state index in [9.17, 15) is 19.8 Å². The molecule has 1 aromatic rings. The summed E-state index contributed by atoms with van der Waals surface area (Å²) in [7, 11) is 0. The lowest BCUT2D eigenvalue weighted by molar-refractivity contribution is -0.159. The van der Waals surface area contributed by atoms with Crippen LogP contribution in [0.25, 0.3) is 0 Å². The maximum absolute atomic E-state index is 12.2. The van der Waals surface area contributed by atoms with E-state index in [1.54, 1.807) is 6.07 Å². The lowest BCUT2D eigenvalue weighted by Crippen LogP contribution is -2.55. The molecule has 0 saturated carbocycles. The highest BCUT2D eigenvalue weighted by Crippen LogP contribution is 2.28. The van der Waals surface area contributed by atoms with Crippen LogP contribution in [0, 0.1) is 0 Å². The number of carboxylic acid groups (broad SMARTS) is 1. The molecule has 20 heavy (non-hydrogen) atoms. The van der Waals surface area contributed by atoms with Gasteiger partial charge in [0.15, 0.2) is 11.4 Å². The number of rotatable bonds is 7. The van der Waals surface area contributed by atoms with Crippen molar-refractivity contribution in [3.8, 4) is 0 Å². The summed E-state index contributed by atoms with van der Waals surface area (Å²) in [4.78, 5) is 22.8. The monoisotopic (exact) mass is 283 g/mol. The average Bonchev–Trinajstić information content (AvgIpc) is 2.44. The number of carbonyl (C=O) groups is 2. The SMILES string of the molecule is N[C@@H](CC(=O)O)C(=O)C(O)(c1ccccc1)C(O)CO. The normalized spacial score (nSPS) is 17.0. The van der Waals surface area contributed by atoms with Crippen molar-refractivity contribution in [3.05, 3.63) is 35.9 Å². The van der Waals surface area contributed by atoms with Crippen LogP contribution in [-0.2, 0) is 15.2 Å². The van der Waals surface area contributed by atoms with E-state index in [-0.39, 0.29) is 5.56 Å². The first-order valence-electron chi connectivity index (χ1n) is 5.92. The summed E-state index contributed by atoms with van der Waals surface area (Å²) in [5.41, 5.74) is 3.03. The quantitative estimate of drug-likeness (QED) is 0.414. The lowest BCUT2D eigenvalue weighted by Gasteiger charge is -2.32. The van der Waals surface area contributed by atoms with Crippen LogP contribution in [0.4, 0.5) is 0 Å². The zero-order valence-electron chi connectivity index (χ0n) is 10.6. The standard InChI is InChI=1S/C13H17NO6/c14-9(6-11(17)18)12(19)13(20,10(16)7-15)8-4-2-1-3-5-8/h1-5,9-10,15-16,20H,6-7,14H2,(H,17,18)/t9-,10?,13?/m0/s1. The molecule has 0 aliphatic heterocycles. The summed E-state index contributed by atoms with van der Waals surface area (Å²) in [6, 6.07) is 5.95. The number of aliphatic carboxylic acids is 1. The van der Waals surface area contributed by atoms with Gasteiger partial charge in [0, 0.05) is 0 Å². The zero-order chi connectivity index (χ0) is 15.3. The third kappa shape index (κ3) is 3.20. The van der Waals surface area contributed by atoms with Crippen LogP contribution in [0.5, 0.6) is 0 Å². The van der Waals surface area contributed by atoms with Crippen molar-refractivity contribution >= 4 is 11.8 Å². The van der Waals surface area contributed by atoms with Gasteiger partial charge >= 0.3 is 5.97 Å². The molecule has 1 aromatic carbocycles. The number of aliphatic hydroxyl groups excluding tert-OH is 2. The van der Waals surface area contributed by atoms with E-state index in [2.05, 4.69) is 0 Å². The fourth-order valence-corrected chi connectivity index (χ4v) is 1.89. The van der Waals surface area contributed by atoms with Gasteiger partial charge in [0.25, 0.3) is 0 Å². The Morgan fingerprint density at radius 3 is 2.25 bits per heavy atom. The molecule has 0 heterocycles. The zero-order valence-corrected chi connectivity index (χ0v) is 10.6. The highest BCUT2D eigenvalue weighted by molar-refractivity contribution is 5.95. The average molecular weight is 283 g/mol. The highest BCUT2D eigenvalue weighted by atomic mass is 16.4. The lowest BCUT2D eigenvalue weighted by atomic mass is 9.81. The molecule has 0 spiro atoms. The van der Waals surface area contributed by atoms with Gasteiger partial charge in [-0.15, -0.1) is 0 Å². The third-order valence-electron chi connectivity index (χ3n) is 2.98. The molecule has 0 aromatic heterocycles. The number of aliphatic hydroxyl groups is 3. The molecule has 0 amide bonds. The molecule has 7 nitrogen and oxygen atoms in total. The summed E-state index contributed by atoms with van der Waals surface area (Å²) in [6.07, 6.45) is -2.50. The van der Waals surface area contributed by atoms with Gasteiger partial charge in [0.05, 0.1) is 19.1 Å². The Morgan fingerprint density at radius 2 is 1.80 bits per heavy atom. The van der Waals surface area contributed by atoms with Gasteiger partial charge < -0.3 is 26.2 Å². The summed E-state index contributed by atoms with van der Waals surface area (Å²) < 4.78 is 0. The van der Waals surface area contributed by atoms with Gasteiger partial charge in [0.1, 0.15) is 6.10 Å². The van der Waals surface area contributed by atoms with E-state index in [1.165, 1.54) is 24.3 Å². The second-order valence-corrected chi connectivity index (χ2v) is 4.40. The van der Waals surface area contributed by atoms with Gasteiger partial charge in [-0.2, -0.15) is 0 Å². The fraction of sp³-hybridized carbons (Fsp3) is 0.385. The Bertz CT molecular complexity index is 477. The van der Waals surface area contributed by atoms with Gasteiger partial charge in [-0.1, -0.05) is 30.3 Å². The second-order valence-electron chi connectivity index (χ2n) is 4.40. The van der Waals surface area contributed by atoms with E-state index < -0.39 is 42.5 Å². The van der Waals surface area contributed by atoms with Gasteiger partial charge in [-0.25, -0.2) is 0 Å². The molecule has 0 saturated heterocycles. The maximum Gasteiger partial charge on any atom is 0.305 e. The highest BCUT2D eigenvalue weighted by Gasteiger charge is 2.46. The van der Waals surface area contributed by atoms with E-state index in [4.69, 9.17) is 15.9 Å². The van der Waals surface area contributed by atoms with E-state index in [1.807, 2.05) is 0 Å². The van der Waals surface area contributed by atoms with Gasteiger partial charge in [-0.05, 0) is 5.56 Å². The number of carboxylic acids is 1. The van der Waals surface area contributed by atoms with Crippen molar-refractivity contribution in [2.75, 3.05) is 6.61 Å². The summed E-state index contributed by atoms with van der Waals surface area (Å²) in [5.74, 6) is -2.37. The molecule has 1 rings (SSSR count). The smallest absolute Gasteiger partial charge is 0.305 e. The minimum Gasteiger partial charge on any atom is -0.481 e. The number of ketones is 1. The van der Waals surface area contributed by atoms with Crippen LogP contribution < -0.4 is 5.73 Å². The molecule has 0 aliphatic carbocycles. The first-order valence-corrected chi connectivity index (χ1v) is 5.92. The van der Waals surface area contributed by atoms with Crippen molar-refractivity contribution in [1.82, 2.24) is 0 Å². The van der Waals surface area contributed by atoms with Crippen molar-refractivity contribution in [2.45, 2.75) is 24.2 Å². The van der Waals surface area contributed by atoms with Gasteiger partial charge in [0.2, 0.25) is 0 Å². The van der Waals surface area contributed by atoms with Gasteiger partial charge in [-0.3, -0.25) is 9.59 Å². The van der Waals surface area contributed by atoms with Crippen molar-refractivity contribution in [3.63, 3.8) is 0 Å². The van der Waals surface area contributed by atoms with Crippen LogP contribution in [0.15, 0.2) is 30.3 Å². The molecule has 6 N–H and O–H groups in total. The number of hydrogen-bond donors (Lipinski definition) is 5. The predicted octanol–water partition coefficient (Wildman–Crippen LogP) is -1.40. The van der Waals surface area contributed by atoms with Crippen LogP contribution in [0.1, 0.15) is 12.0 Å². The van der Waals surface area contributed by atoms with Crippen LogP contribution in [0.2, 0.25) is 0 Å². The molecular weight excluding hydrogens is 266 g/mol. The maximum atomic E-state index is 12.2. The number of hydrogen-bond acceptors (Lipinski definition) is 6. The molecule has 3 atom stereocenters. The first kappa shape index (κ1) is 16.3. The fourth-order valence-electron chi connectivity index (χ4n) is 1.89. The molecule has 7 heteroatoms. The molecular formula is C13H17NO6. The largest absolute Gasteiger partial charge is 0.481 e. The molecule has 0 fully saturated rings. The third-order valence-corrected chi connectivity index (χ3v) is 2.98. The van der Waals surface area contributed by atoms with Crippen molar-refractivity contribution < 1.29 is 30.0 Å². The molecule has 0 aliphatic rings. The Morgan fingerprint density at radius 1 is 1.25 bits per heavy atom. The molecule has 110 valence electrons. The molecule has 2 unspecified atom stereocenters. The van der Waals surface area contributed by atoms with E-state index in [0.717, 1.165) is 0 Å². The summed E-state index contributed by atoms with van der Waals surface area (Å²) in [6.45, 7) is -0.878. The van der Waals surface area contributed by atoms with E-state index >= 15 is 0 Å². The Labute approximate surface area is 115 Å². The van der Waals surface area contributed by atoms with Crippen molar-refractivity contribution in [1.29, 1.82) is 0 Å².